The van der Waals surface area contributed by atoms with E-state index in [0.29, 0.717) is 5.88 Å². The number of hydrogen-bond acceptors (Lipinski definition) is 4. The lowest BCUT2D eigenvalue weighted by molar-refractivity contribution is 0.146. The molecule has 94 valence electrons. The Kier molecular flexibility index (Phi) is 3.64. The molecule has 1 aliphatic heterocycles. The summed E-state index contributed by atoms with van der Waals surface area (Å²) in [4.78, 5) is 6.88. The third-order valence-corrected chi connectivity index (χ3v) is 3.03. The van der Waals surface area contributed by atoms with Gasteiger partial charge >= 0.3 is 0 Å². The molecule has 0 spiro atoms. The number of rotatable bonds is 3. The fraction of sp³-hybridized carbons (Fsp3) is 0.615. The second-order valence-electron chi connectivity index (χ2n) is 5.19. The van der Waals surface area contributed by atoms with Gasteiger partial charge in [-0.2, -0.15) is 0 Å². The van der Waals surface area contributed by atoms with Gasteiger partial charge in [0.05, 0.1) is 12.8 Å². The minimum atomic E-state index is 0.192. The van der Waals surface area contributed by atoms with Crippen LogP contribution in [0.5, 0.6) is 5.88 Å². The average Bonchev–Trinajstić information content (AvgIpc) is 2.28. The summed E-state index contributed by atoms with van der Waals surface area (Å²) in [5.74, 6) is 0.692. The topological polar surface area (TPSA) is 37.4 Å². The molecule has 0 atom stereocenters. The molecule has 0 aliphatic carbocycles. The van der Waals surface area contributed by atoms with Crippen LogP contribution >= 0.6 is 0 Å². The highest BCUT2D eigenvalue weighted by Gasteiger charge is 2.25. The van der Waals surface area contributed by atoms with E-state index in [-0.39, 0.29) is 5.54 Å². The number of hydrogen-bond donors (Lipinski definition) is 1. The summed E-state index contributed by atoms with van der Waals surface area (Å²) in [6.07, 6.45) is 0. The minimum absolute atomic E-state index is 0.192. The third kappa shape index (κ3) is 3.41. The van der Waals surface area contributed by atoms with Crippen molar-refractivity contribution < 1.29 is 4.74 Å². The Bertz CT molecular complexity index is 379. The highest BCUT2D eigenvalue weighted by Crippen LogP contribution is 2.14. The first-order valence-electron chi connectivity index (χ1n) is 6.06. The molecule has 1 fully saturated rings. The average molecular weight is 235 g/mol. The van der Waals surface area contributed by atoms with Crippen molar-refractivity contribution >= 4 is 0 Å². The van der Waals surface area contributed by atoms with Crippen molar-refractivity contribution in [2.75, 3.05) is 26.7 Å². The van der Waals surface area contributed by atoms with Crippen molar-refractivity contribution in [3.05, 3.63) is 23.9 Å². The van der Waals surface area contributed by atoms with Gasteiger partial charge in [-0.3, -0.25) is 4.90 Å². The van der Waals surface area contributed by atoms with Crippen LogP contribution < -0.4 is 10.1 Å². The van der Waals surface area contributed by atoms with E-state index in [2.05, 4.69) is 35.1 Å². The lowest BCUT2D eigenvalue weighted by Crippen LogP contribution is -2.56. The normalized spacial score (nSPS) is 20.2. The Hall–Kier alpha value is -1.13. The quantitative estimate of drug-likeness (QED) is 0.856. The van der Waals surface area contributed by atoms with E-state index >= 15 is 0 Å². The third-order valence-electron chi connectivity index (χ3n) is 3.03. The molecule has 1 aliphatic rings. The lowest BCUT2D eigenvalue weighted by Gasteiger charge is -2.38. The van der Waals surface area contributed by atoms with Crippen molar-refractivity contribution in [1.82, 2.24) is 15.2 Å². The van der Waals surface area contributed by atoms with Gasteiger partial charge in [0.1, 0.15) is 0 Å². The Balaban J connectivity index is 2.00. The van der Waals surface area contributed by atoms with Crippen LogP contribution in [0.15, 0.2) is 18.2 Å². The second kappa shape index (κ2) is 5.02. The van der Waals surface area contributed by atoms with Crippen LogP contribution in [-0.4, -0.2) is 42.2 Å². The van der Waals surface area contributed by atoms with E-state index in [1.165, 1.54) is 0 Å². The molecule has 1 aromatic rings. The molecule has 0 aromatic carbocycles. The van der Waals surface area contributed by atoms with Crippen molar-refractivity contribution in [3.8, 4) is 5.88 Å². The zero-order valence-electron chi connectivity index (χ0n) is 10.9. The molecular weight excluding hydrogens is 214 g/mol. The van der Waals surface area contributed by atoms with Gasteiger partial charge in [-0.25, -0.2) is 4.98 Å². The smallest absolute Gasteiger partial charge is 0.213 e. The summed E-state index contributed by atoms with van der Waals surface area (Å²) in [5, 5.41) is 3.51. The molecule has 0 amide bonds. The van der Waals surface area contributed by atoms with Gasteiger partial charge in [-0.05, 0) is 19.9 Å². The molecule has 1 N–H and O–H groups in total. The Morgan fingerprint density at radius 2 is 2.29 bits per heavy atom. The number of pyridine rings is 1. The monoisotopic (exact) mass is 235 g/mol. The van der Waals surface area contributed by atoms with Gasteiger partial charge in [0, 0.05) is 37.8 Å². The van der Waals surface area contributed by atoms with E-state index in [0.717, 1.165) is 31.9 Å². The summed E-state index contributed by atoms with van der Waals surface area (Å²) < 4.78 is 5.14. The summed E-state index contributed by atoms with van der Waals surface area (Å²) in [6, 6.07) is 5.93. The van der Waals surface area contributed by atoms with E-state index in [1.54, 1.807) is 7.11 Å². The maximum atomic E-state index is 5.14. The largest absolute Gasteiger partial charge is 0.481 e. The minimum Gasteiger partial charge on any atom is -0.481 e. The highest BCUT2D eigenvalue weighted by atomic mass is 16.5. The number of nitrogens with zero attached hydrogens (tertiary/aromatic N) is 2. The van der Waals surface area contributed by atoms with E-state index < -0.39 is 0 Å². The van der Waals surface area contributed by atoms with Crippen molar-refractivity contribution in [3.63, 3.8) is 0 Å². The Labute approximate surface area is 103 Å². The first kappa shape index (κ1) is 12.3. The Morgan fingerprint density at radius 1 is 1.47 bits per heavy atom. The van der Waals surface area contributed by atoms with Crippen LogP contribution in [0, 0.1) is 0 Å². The first-order chi connectivity index (χ1) is 8.09. The van der Waals surface area contributed by atoms with Crippen LogP contribution in [0.1, 0.15) is 19.5 Å². The molecule has 17 heavy (non-hydrogen) atoms. The molecule has 1 aromatic heterocycles. The number of methoxy groups -OCH3 is 1. The number of ether oxygens (including phenoxy) is 1. The van der Waals surface area contributed by atoms with Gasteiger partial charge in [0.25, 0.3) is 0 Å². The molecule has 0 saturated carbocycles. The van der Waals surface area contributed by atoms with Crippen molar-refractivity contribution in [2.45, 2.75) is 25.9 Å². The van der Waals surface area contributed by atoms with Crippen LogP contribution in [0.4, 0.5) is 0 Å². The maximum Gasteiger partial charge on any atom is 0.213 e. The van der Waals surface area contributed by atoms with E-state index in [9.17, 15) is 0 Å². The number of nitrogens with one attached hydrogen (secondary N) is 1. The SMILES string of the molecule is COc1cccc(CN2CCNC(C)(C)C2)n1. The number of aromatic nitrogens is 1. The summed E-state index contributed by atoms with van der Waals surface area (Å²) in [5.41, 5.74) is 1.26. The highest BCUT2D eigenvalue weighted by molar-refractivity contribution is 5.15. The fourth-order valence-electron chi connectivity index (χ4n) is 2.27. The predicted octanol–water partition coefficient (Wildman–Crippen LogP) is 1.27. The van der Waals surface area contributed by atoms with Crippen LogP contribution in [0.2, 0.25) is 0 Å². The molecule has 2 rings (SSSR count). The molecule has 0 unspecified atom stereocenters. The Morgan fingerprint density at radius 3 is 3.00 bits per heavy atom. The summed E-state index contributed by atoms with van der Waals surface area (Å²) >= 11 is 0. The molecule has 0 radical (unpaired) electrons. The molecule has 4 heteroatoms. The van der Waals surface area contributed by atoms with E-state index in [4.69, 9.17) is 4.74 Å². The lowest BCUT2D eigenvalue weighted by atomic mass is 10.0. The van der Waals surface area contributed by atoms with Crippen molar-refractivity contribution in [1.29, 1.82) is 0 Å². The molecule has 1 saturated heterocycles. The predicted molar refractivity (Wildman–Crippen MR) is 68.1 cm³/mol. The molecule has 4 nitrogen and oxygen atoms in total. The van der Waals surface area contributed by atoms with Crippen molar-refractivity contribution in [2.24, 2.45) is 0 Å². The van der Waals surface area contributed by atoms with Crippen LogP contribution in [-0.2, 0) is 6.54 Å². The molecule has 0 bridgehead atoms. The van der Waals surface area contributed by atoms with Gasteiger partial charge in [0.2, 0.25) is 5.88 Å². The van der Waals surface area contributed by atoms with Gasteiger partial charge in [-0.15, -0.1) is 0 Å². The zero-order valence-corrected chi connectivity index (χ0v) is 10.9. The second-order valence-corrected chi connectivity index (χ2v) is 5.19. The zero-order chi connectivity index (χ0) is 12.3. The van der Waals surface area contributed by atoms with Gasteiger partial charge in [-0.1, -0.05) is 6.07 Å². The number of piperazine rings is 1. The molecule has 2 heterocycles. The summed E-state index contributed by atoms with van der Waals surface area (Å²) in [7, 11) is 1.65. The van der Waals surface area contributed by atoms with Crippen LogP contribution in [0.25, 0.3) is 0 Å². The van der Waals surface area contributed by atoms with Gasteiger partial charge in [0.15, 0.2) is 0 Å². The fourth-order valence-corrected chi connectivity index (χ4v) is 2.27. The maximum absolute atomic E-state index is 5.14. The van der Waals surface area contributed by atoms with Gasteiger partial charge < -0.3 is 10.1 Å². The van der Waals surface area contributed by atoms with E-state index in [1.807, 2.05) is 12.1 Å². The molecular formula is C13H21N3O. The first-order valence-corrected chi connectivity index (χ1v) is 6.06. The van der Waals surface area contributed by atoms with Crippen LogP contribution in [0.3, 0.4) is 0 Å². The summed E-state index contributed by atoms with van der Waals surface area (Å²) in [6.45, 7) is 8.52. The standard InChI is InChI=1S/C13H21N3O/c1-13(2)10-16(8-7-14-13)9-11-5-4-6-12(15-11)17-3/h4-6,14H,7-10H2,1-3H3.